The Balaban J connectivity index is 2.66. The summed E-state index contributed by atoms with van der Waals surface area (Å²) in [5.41, 5.74) is 6.38. The van der Waals surface area contributed by atoms with E-state index < -0.39 is 0 Å². The quantitative estimate of drug-likeness (QED) is 0.805. The molecular formula is C12H18FNO2. The van der Waals surface area contributed by atoms with Gasteiger partial charge in [0, 0.05) is 12.6 Å². The number of ether oxygens (including phenoxy) is 2. The largest absolute Gasteiger partial charge is 0.494 e. The van der Waals surface area contributed by atoms with Crippen molar-refractivity contribution in [1.29, 1.82) is 0 Å². The highest BCUT2D eigenvalue weighted by atomic mass is 19.1. The van der Waals surface area contributed by atoms with Crippen LogP contribution < -0.4 is 10.5 Å². The van der Waals surface area contributed by atoms with Crippen molar-refractivity contribution in [2.75, 3.05) is 20.3 Å². The van der Waals surface area contributed by atoms with Gasteiger partial charge in [0.2, 0.25) is 0 Å². The molecule has 4 heteroatoms. The summed E-state index contributed by atoms with van der Waals surface area (Å²) in [6.07, 6.45) is 0.447. The van der Waals surface area contributed by atoms with E-state index in [0.717, 1.165) is 0 Å². The highest BCUT2D eigenvalue weighted by Crippen LogP contribution is 2.20. The fourth-order valence-corrected chi connectivity index (χ4v) is 1.48. The molecule has 1 rings (SSSR count). The first-order valence-corrected chi connectivity index (χ1v) is 5.33. The van der Waals surface area contributed by atoms with Gasteiger partial charge in [0.05, 0.1) is 13.7 Å². The fourth-order valence-electron chi connectivity index (χ4n) is 1.48. The molecule has 16 heavy (non-hydrogen) atoms. The van der Waals surface area contributed by atoms with Crippen molar-refractivity contribution < 1.29 is 13.9 Å². The molecule has 2 N–H and O–H groups in total. The lowest BCUT2D eigenvalue weighted by atomic mass is 10.1. The first kappa shape index (κ1) is 12.9. The molecule has 3 nitrogen and oxygen atoms in total. The average Bonchev–Trinajstić information content (AvgIpc) is 2.29. The molecule has 90 valence electrons. The summed E-state index contributed by atoms with van der Waals surface area (Å²) in [6, 6.07) is 4.86. The monoisotopic (exact) mass is 227 g/mol. The number of benzene rings is 1. The molecule has 0 radical (unpaired) electrons. The number of nitrogens with two attached hydrogens (primary N) is 1. The Hall–Kier alpha value is -1.13. The van der Waals surface area contributed by atoms with Gasteiger partial charge in [-0.15, -0.1) is 0 Å². The van der Waals surface area contributed by atoms with Crippen molar-refractivity contribution in [3.63, 3.8) is 0 Å². The van der Waals surface area contributed by atoms with E-state index in [-0.39, 0.29) is 17.6 Å². The van der Waals surface area contributed by atoms with Gasteiger partial charge in [0.25, 0.3) is 0 Å². The molecule has 1 aromatic carbocycles. The molecule has 0 aliphatic rings. The number of rotatable bonds is 6. The van der Waals surface area contributed by atoms with Crippen LogP contribution in [0.5, 0.6) is 5.75 Å². The molecule has 0 fully saturated rings. The van der Waals surface area contributed by atoms with Gasteiger partial charge in [-0.1, -0.05) is 12.1 Å². The van der Waals surface area contributed by atoms with E-state index in [9.17, 15) is 4.39 Å². The van der Waals surface area contributed by atoms with Gasteiger partial charge in [-0.05, 0) is 25.0 Å². The number of halogens is 1. The Morgan fingerprint density at radius 1 is 1.44 bits per heavy atom. The van der Waals surface area contributed by atoms with E-state index in [4.69, 9.17) is 15.2 Å². The molecule has 0 aliphatic heterocycles. The summed E-state index contributed by atoms with van der Waals surface area (Å²) in [7, 11) is 1.45. The van der Waals surface area contributed by atoms with Gasteiger partial charge in [-0.3, -0.25) is 0 Å². The van der Waals surface area contributed by atoms with Gasteiger partial charge in [-0.25, -0.2) is 4.39 Å². The Kier molecular flexibility index (Phi) is 5.22. The van der Waals surface area contributed by atoms with Crippen LogP contribution in [-0.4, -0.2) is 26.4 Å². The van der Waals surface area contributed by atoms with Gasteiger partial charge >= 0.3 is 0 Å². The maximum atomic E-state index is 13.7. The predicted octanol–water partition coefficient (Wildman–Crippen LogP) is 1.74. The minimum Gasteiger partial charge on any atom is -0.494 e. The second kappa shape index (κ2) is 6.45. The van der Waals surface area contributed by atoms with Crippen LogP contribution >= 0.6 is 0 Å². The summed E-state index contributed by atoms with van der Waals surface area (Å²) in [4.78, 5) is 0. The average molecular weight is 227 g/mol. The first-order valence-electron chi connectivity index (χ1n) is 5.33. The van der Waals surface area contributed by atoms with Crippen LogP contribution in [0.1, 0.15) is 12.5 Å². The molecule has 0 saturated carbocycles. The van der Waals surface area contributed by atoms with E-state index >= 15 is 0 Å². The van der Waals surface area contributed by atoms with Gasteiger partial charge < -0.3 is 15.2 Å². The normalized spacial score (nSPS) is 12.5. The zero-order chi connectivity index (χ0) is 12.0. The summed E-state index contributed by atoms with van der Waals surface area (Å²) in [5.74, 6) is -0.0851. The zero-order valence-electron chi connectivity index (χ0n) is 9.70. The standard InChI is InChI=1S/C12H18FNO2/c1-3-16-8-10(14)7-9-5-4-6-11(15-2)12(9)13/h4-6,10H,3,7-8,14H2,1-2H3. The SMILES string of the molecule is CCOCC(N)Cc1cccc(OC)c1F. The predicted molar refractivity (Wildman–Crippen MR) is 61.1 cm³/mol. The van der Waals surface area contributed by atoms with Crippen molar-refractivity contribution in [3.8, 4) is 5.75 Å². The molecule has 1 atom stereocenters. The van der Waals surface area contributed by atoms with Crippen molar-refractivity contribution >= 4 is 0 Å². The van der Waals surface area contributed by atoms with Crippen molar-refractivity contribution in [2.24, 2.45) is 5.73 Å². The van der Waals surface area contributed by atoms with Gasteiger partial charge in [0.15, 0.2) is 11.6 Å². The van der Waals surface area contributed by atoms with Crippen LogP contribution in [0.3, 0.4) is 0 Å². The van der Waals surface area contributed by atoms with Crippen molar-refractivity contribution in [3.05, 3.63) is 29.6 Å². The van der Waals surface area contributed by atoms with Crippen molar-refractivity contribution in [1.82, 2.24) is 0 Å². The highest BCUT2D eigenvalue weighted by Gasteiger charge is 2.11. The number of hydrogen-bond acceptors (Lipinski definition) is 3. The van der Waals surface area contributed by atoms with Crippen LogP contribution in [0.4, 0.5) is 4.39 Å². The molecule has 1 aromatic rings. The summed E-state index contributed by atoms with van der Waals surface area (Å²) >= 11 is 0. The third kappa shape index (κ3) is 3.47. The maximum Gasteiger partial charge on any atom is 0.168 e. The van der Waals surface area contributed by atoms with E-state index in [1.165, 1.54) is 7.11 Å². The summed E-state index contributed by atoms with van der Waals surface area (Å²) in [6.45, 7) is 2.96. The Morgan fingerprint density at radius 3 is 2.81 bits per heavy atom. The lowest BCUT2D eigenvalue weighted by Crippen LogP contribution is -2.29. The third-order valence-electron chi connectivity index (χ3n) is 2.28. The van der Waals surface area contributed by atoms with Crippen LogP contribution in [0, 0.1) is 5.82 Å². The minimum absolute atomic E-state index is 0.193. The number of hydrogen-bond donors (Lipinski definition) is 1. The second-order valence-corrected chi connectivity index (χ2v) is 3.56. The van der Waals surface area contributed by atoms with Crippen LogP contribution in [0.15, 0.2) is 18.2 Å². The third-order valence-corrected chi connectivity index (χ3v) is 2.28. The van der Waals surface area contributed by atoms with E-state index in [1.54, 1.807) is 18.2 Å². The van der Waals surface area contributed by atoms with Crippen LogP contribution in [-0.2, 0) is 11.2 Å². The molecule has 0 amide bonds. The van der Waals surface area contributed by atoms with E-state index in [1.807, 2.05) is 6.92 Å². The highest BCUT2D eigenvalue weighted by molar-refractivity contribution is 5.31. The molecule has 0 spiro atoms. The Bertz CT molecular complexity index is 331. The first-order chi connectivity index (χ1) is 7.69. The lowest BCUT2D eigenvalue weighted by Gasteiger charge is -2.13. The topological polar surface area (TPSA) is 44.5 Å². The van der Waals surface area contributed by atoms with Crippen LogP contribution in [0.25, 0.3) is 0 Å². The van der Waals surface area contributed by atoms with E-state index in [2.05, 4.69) is 0 Å². The Labute approximate surface area is 95.4 Å². The zero-order valence-corrected chi connectivity index (χ0v) is 9.70. The molecule has 0 heterocycles. The minimum atomic E-state index is -0.336. The molecule has 0 saturated heterocycles. The van der Waals surface area contributed by atoms with Gasteiger partial charge in [-0.2, -0.15) is 0 Å². The lowest BCUT2D eigenvalue weighted by molar-refractivity contribution is 0.133. The molecule has 1 unspecified atom stereocenters. The smallest absolute Gasteiger partial charge is 0.168 e. The second-order valence-electron chi connectivity index (χ2n) is 3.56. The molecule has 0 aliphatic carbocycles. The molecule has 0 aromatic heterocycles. The van der Waals surface area contributed by atoms with E-state index in [0.29, 0.717) is 25.2 Å². The van der Waals surface area contributed by atoms with Crippen LogP contribution in [0.2, 0.25) is 0 Å². The fraction of sp³-hybridized carbons (Fsp3) is 0.500. The number of methoxy groups -OCH3 is 1. The molecule has 0 bridgehead atoms. The Morgan fingerprint density at radius 2 is 2.19 bits per heavy atom. The molecular weight excluding hydrogens is 209 g/mol. The van der Waals surface area contributed by atoms with Crippen molar-refractivity contribution in [2.45, 2.75) is 19.4 Å². The van der Waals surface area contributed by atoms with Gasteiger partial charge in [0.1, 0.15) is 0 Å². The maximum absolute atomic E-state index is 13.7. The summed E-state index contributed by atoms with van der Waals surface area (Å²) in [5, 5.41) is 0. The summed E-state index contributed by atoms with van der Waals surface area (Å²) < 4.78 is 23.8.